The Morgan fingerprint density at radius 1 is 1.27 bits per heavy atom. The first kappa shape index (κ1) is 18.0. The van der Waals surface area contributed by atoms with Crippen molar-refractivity contribution in [3.8, 4) is 6.07 Å². The fourth-order valence-corrected chi connectivity index (χ4v) is 3.37. The monoisotopic (exact) mass is 353 g/mol. The SMILES string of the molecule is COC(=O)c1cc(CN2CCCN(c3ccccc3C#N)CC2)oc1C. The predicted octanol–water partition coefficient (Wildman–Crippen LogP) is 2.96. The number of anilines is 1. The summed E-state index contributed by atoms with van der Waals surface area (Å²) >= 11 is 0. The Hall–Kier alpha value is -2.78. The molecule has 0 N–H and O–H groups in total. The maximum atomic E-state index is 11.7. The van der Waals surface area contributed by atoms with Gasteiger partial charge in [0, 0.05) is 26.2 Å². The third-order valence-electron chi connectivity index (χ3n) is 4.71. The van der Waals surface area contributed by atoms with Crippen molar-refractivity contribution in [2.45, 2.75) is 19.9 Å². The zero-order valence-electron chi connectivity index (χ0n) is 15.2. The molecular formula is C20H23N3O3. The number of nitrogens with zero attached hydrogens (tertiary/aromatic N) is 3. The van der Waals surface area contributed by atoms with Crippen LogP contribution in [0.15, 0.2) is 34.7 Å². The smallest absolute Gasteiger partial charge is 0.341 e. The number of esters is 1. The number of aryl methyl sites for hydroxylation is 1. The van der Waals surface area contributed by atoms with E-state index in [-0.39, 0.29) is 5.97 Å². The van der Waals surface area contributed by atoms with Crippen molar-refractivity contribution in [2.24, 2.45) is 0 Å². The van der Waals surface area contributed by atoms with Gasteiger partial charge in [0.15, 0.2) is 0 Å². The molecule has 0 atom stereocenters. The van der Waals surface area contributed by atoms with Crippen molar-refractivity contribution in [3.05, 3.63) is 53.0 Å². The van der Waals surface area contributed by atoms with E-state index in [1.807, 2.05) is 24.3 Å². The number of hydrogen-bond acceptors (Lipinski definition) is 6. The molecule has 0 radical (unpaired) electrons. The number of para-hydroxylation sites is 1. The molecule has 1 aliphatic heterocycles. The number of carbonyl (C=O) groups excluding carboxylic acids is 1. The standard InChI is InChI=1S/C20H23N3O3/c1-15-18(20(24)25-2)12-17(26-15)14-22-8-5-9-23(11-10-22)19-7-4-3-6-16(19)13-21/h3-4,6-7,12H,5,8-11,14H2,1-2H3. The predicted molar refractivity (Wildman–Crippen MR) is 98.0 cm³/mol. The highest BCUT2D eigenvalue weighted by Gasteiger charge is 2.20. The number of methoxy groups -OCH3 is 1. The first-order valence-corrected chi connectivity index (χ1v) is 8.76. The van der Waals surface area contributed by atoms with E-state index in [1.54, 1.807) is 13.0 Å². The molecule has 1 aliphatic rings. The summed E-state index contributed by atoms with van der Waals surface area (Å²) in [6, 6.07) is 11.8. The van der Waals surface area contributed by atoms with Gasteiger partial charge in [-0.25, -0.2) is 4.79 Å². The minimum Gasteiger partial charge on any atom is -0.465 e. The fraction of sp³-hybridized carbons (Fsp3) is 0.400. The van der Waals surface area contributed by atoms with Crippen molar-refractivity contribution >= 4 is 11.7 Å². The maximum Gasteiger partial charge on any atom is 0.341 e. The van der Waals surface area contributed by atoms with Crippen LogP contribution in [0.5, 0.6) is 0 Å². The molecule has 6 heteroatoms. The minimum atomic E-state index is -0.368. The second kappa shape index (κ2) is 8.07. The van der Waals surface area contributed by atoms with Gasteiger partial charge >= 0.3 is 5.97 Å². The molecule has 0 unspecified atom stereocenters. The van der Waals surface area contributed by atoms with Gasteiger partial charge in [0.25, 0.3) is 0 Å². The molecule has 26 heavy (non-hydrogen) atoms. The third kappa shape index (κ3) is 3.89. The highest BCUT2D eigenvalue weighted by atomic mass is 16.5. The van der Waals surface area contributed by atoms with E-state index < -0.39 is 0 Å². The Morgan fingerprint density at radius 2 is 2.08 bits per heavy atom. The van der Waals surface area contributed by atoms with Crippen molar-refractivity contribution in [1.29, 1.82) is 5.26 Å². The van der Waals surface area contributed by atoms with E-state index in [9.17, 15) is 10.1 Å². The Bertz CT molecular complexity index is 822. The summed E-state index contributed by atoms with van der Waals surface area (Å²) in [6.07, 6.45) is 1.00. The average Bonchev–Trinajstić information content (AvgIpc) is 2.88. The fourth-order valence-electron chi connectivity index (χ4n) is 3.37. The van der Waals surface area contributed by atoms with Gasteiger partial charge in [0.1, 0.15) is 23.2 Å². The number of furan rings is 1. The van der Waals surface area contributed by atoms with Crippen molar-refractivity contribution in [1.82, 2.24) is 4.90 Å². The molecular weight excluding hydrogens is 330 g/mol. The van der Waals surface area contributed by atoms with E-state index in [2.05, 4.69) is 15.9 Å². The van der Waals surface area contributed by atoms with Gasteiger partial charge in [-0.3, -0.25) is 4.90 Å². The van der Waals surface area contributed by atoms with Crippen LogP contribution in [0.2, 0.25) is 0 Å². The molecule has 0 amide bonds. The normalized spacial score (nSPS) is 15.3. The van der Waals surface area contributed by atoms with Gasteiger partial charge in [-0.15, -0.1) is 0 Å². The van der Waals surface area contributed by atoms with Gasteiger partial charge in [0.2, 0.25) is 0 Å². The lowest BCUT2D eigenvalue weighted by molar-refractivity contribution is 0.0599. The van der Waals surface area contributed by atoms with Crippen LogP contribution in [-0.2, 0) is 11.3 Å². The molecule has 0 saturated carbocycles. The Kier molecular flexibility index (Phi) is 5.59. The van der Waals surface area contributed by atoms with Crippen LogP contribution in [0.4, 0.5) is 5.69 Å². The van der Waals surface area contributed by atoms with Crippen LogP contribution in [0.25, 0.3) is 0 Å². The Labute approximate surface area is 153 Å². The molecule has 2 aromatic rings. The van der Waals surface area contributed by atoms with Crippen LogP contribution in [0.1, 0.15) is 33.9 Å². The lowest BCUT2D eigenvalue weighted by Gasteiger charge is -2.24. The summed E-state index contributed by atoms with van der Waals surface area (Å²) in [5, 5.41) is 9.32. The maximum absolute atomic E-state index is 11.7. The molecule has 1 fully saturated rings. The van der Waals surface area contributed by atoms with Crippen LogP contribution in [0.3, 0.4) is 0 Å². The lowest BCUT2D eigenvalue weighted by Crippen LogP contribution is -2.30. The topological polar surface area (TPSA) is 69.7 Å². The van der Waals surface area contributed by atoms with Crippen LogP contribution >= 0.6 is 0 Å². The van der Waals surface area contributed by atoms with Gasteiger partial charge in [0.05, 0.1) is 24.9 Å². The highest BCUT2D eigenvalue weighted by Crippen LogP contribution is 2.22. The first-order chi connectivity index (χ1) is 12.6. The molecule has 1 saturated heterocycles. The van der Waals surface area contributed by atoms with Crippen molar-refractivity contribution < 1.29 is 13.9 Å². The number of ether oxygens (including phenoxy) is 1. The molecule has 6 nitrogen and oxygen atoms in total. The van der Waals surface area contributed by atoms with Crippen LogP contribution < -0.4 is 4.90 Å². The number of benzene rings is 1. The van der Waals surface area contributed by atoms with E-state index in [1.165, 1.54) is 7.11 Å². The third-order valence-corrected chi connectivity index (χ3v) is 4.71. The number of carbonyl (C=O) groups is 1. The molecule has 0 spiro atoms. The second-order valence-corrected chi connectivity index (χ2v) is 6.42. The quantitative estimate of drug-likeness (QED) is 0.787. The lowest BCUT2D eigenvalue weighted by atomic mass is 10.1. The van der Waals surface area contributed by atoms with E-state index in [0.29, 0.717) is 23.4 Å². The summed E-state index contributed by atoms with van der Waals surface area (Å²) in [5.41, 5.74) is 2.20. The van der Waals surface area contributed by atoms with E-state index in [0.717, 1.165) is 44.0 Å². The summed E-state index contributed by atoms with van der Waals surface area (Å²) in [6.45, 7) is 6.01. The molecule has 2 heterocycles. The summed E-state index contributed by atoms with van der Waals surface area (Å²) in [4.78, 5) is 16.3. The van der Waals surface area contributed by atoms with Gasteiger partial charge < -0.3 is 14.1 Å². The van der Waals surface area contributed by atoms with E-state index >= 15 is 0 Å². The first-order valence-electron chi connectivity index (χ1n) is 8.76. The molecule has 3 rings (SSSR count). The Balaban J connectivity index is 1.66. The number of rotatable bonds is 4. The van der Waals surface area contributed by atoms with Gasteiger partial charge in [-0.2, -0.15) is 5.26 Å². The molecule has 0 aliphatic carbocycles. The van der Waals surface area contributed by atoms with Gasteiger partial charge in [-0.1, -0.05) is 12.1 Å². The molecule has 0 bridgehead atoms. The van der Waals surface area contributed by atoms with E-state index in [4.69, 9.17) is 9.15 Å². The van der Waals surface area contributed by atoms with Crippen LogP contribution in [-0.4, -0.2) is 44.2 Å². The molecule has 1 aromatic heterocycles. The summed E-state index contributed by atoms with van der Waals surface area (Å²) in [5.74, 6) is 0.993. The van der Waals surface area contributed by atoms with Crippen molar-refractivity contribution in [3.63, 3.8) is 0 Å². The summed E-state index contributed by atoms with van der Waals surface area (Å²) in [7, 11) is 1.37. The highest BCUT2D eigenvalue weighted by molar-refractivity contribution is 5.90. The zero-order chi connectivity index (χ0) is 18.5. The second-order valence-electron chi connectivity index (χ2n) is 6.42. The van der Waals surface area contributed by atoms with Gasteiger partial charge in [-0.05, 0) is 31.5 Å². The average molecular weight is 353 g/mol. The minimum absolute atomic E-state index is 0.368. The van der Waals surface area contributed by atoms with Crippen molar-refractivity contribution in [2.75, 3.05) is 38.2 Å². The summed E-state index contributed by atoms with van der Waals surface area (Å²) < 4.78 is 10.5. The Morgan fingerprint density at radius 3 is 2.85 bits per heavy atom. The number of nitriles is 1. The molecule has 1 aromatic carbocycles. The zero-order valence-corrected chi connectivity index (χ0v) is 15.2. The molecule has 136 valence electrons. The van der Waals surface area contributed by atoms with Crippen LogP contribution in [0, 0.1) is 18.3 Å². The largest absolute Gasteiger partial charge is 0.465 e. The number of hydrogen-bond donors (Lipinski definition) is 0.